The lowest BCUT2D eigenvalue weighted by molar-refractivity contribution is 0.222. The number of aromatic nitrogens is 1. The molecule has 1 heterocycles. The van der Waals surface area contributed by atoms with Crippen LogP contribution in [0, 0.1) is 0 Å². The molecule has 0 bridgehead atoms. The molecular weight excluding hydrogens is 186 g/mol. The Hall–Kier alpha value is -1.10. The van der Waals surface area contributed by atoms with Gasteiger partial charge in [0.2, 0.25) is 0 Å². The highest BCUT2D eigenvalue weighted by molar-refractivity contribution is 7.10. The van der Waals surface area contributed by atoms with Crippen molar-refractivity contribution in [3.8, 4) is 0 Å². The molecule has 5 heteroatoms. The highest BCUT2D eigenvalue weighted by Gasteiger charge is 2.07. The van der Waals surface area contributed by atoms with Gasteiger partial charge in [0.25, 0.3) is 0 Å². The smallest absolute Gasteiger partial charge is 0.322 e. The first-order valence-corrected chi connectivity index (χ1v) is 4.94. The maximum absolute atomic E-state index is 11.4. The highest BCUT2D eigenvalue weighted by Crippen LogP contribution is 2.11. The summed E-state index contributed by atoms with van der Waals surface area (Å²) < 4.78 is 3.89. The Kier molecular flexibility index (Phi) is 3.70. The second kappa shape index (κ2) is 4.81. The molecule has 4 nitrogen and oxygen atoms in total. The topological polar surface area (TPSA) is 45.2 Å². The molecule has 0 aromatic carbocycles. The van der Waals surface area contributed by atoms with Crippen molar-refractivity contribution in [2.75, 3.05) is 18.9 Å². The van der Waals surface area contributed by atoms with Gasteiger partial charge in [-0.15, -0.1) is 0 Å². The van der Waals surface area contributed by atoms with Gasteiger partial charge in [-0.2, -0.15) is 4.37 Å². The van der Waals surface area contributed by atoms with E-state index in [0.717, 1.165) is 18.0 Å². The summed E-state index contributed by atoms with van der Waals surface area (Å²) in [5, 5.41) is 3.53. The molecular formula is C8H13N3OS. The maximum atomic E-state index is 11.4. The minimum atomic E-state index is -0.0777. The van der Waals surface area contributed by atoms with E-state index in [-0.39, 0.29) is 6.03 Å². The van der Waals surface area contributed by atoms with Crippen molar-refractivity contribution in [3.63, 3.8) is 0 Å². The van der Waals surface area contributed by atoms with E-state index >= 15 is 0 Å². The van der Waals surface area contributed by atoms with Crippen molar-refractivity contribution in [1.82, 2.24) is 9.27 Å². The molecule has 0 saturated heterocycles. The molecule has 1 aromatic rings. The van der Waals surface area contributed by atoms with Gasteiger partial charge < -0.3 is 4.90 Å². The molecule has 1 rings (SSSR count). The molecule has 72 valence electrons. The van der Waals surface area contributed by atoms with Gasteiger partial charge in [-0.05, 0) is 24.0 Å². The minimum absolute atomic E-state index is 0.0777. The molecule has 0 aliphatic heterocycles. The average Bonchev–Trinajstić information content (AvgIpc) is 2.57. The minimum Gasteiger partial charge on any atom is -0.328 e. The summed E-state index contributed by atoms with van der Waals surface area (Å²) in [5.74, 6) is 0. The summed E-state index contributed by atoms with van der Waals surface area (Å²) in [7, 11) is 1.78. The predicted molar refractivity (Wildman–Crippen MR) is 54.1 cm³/mol. The Morgan fingerprint density at radius 1 is 1.77 bits per heavy atom. The van der Waals surface area contributed by atoms with Gasteiger partial charge in [-0.25, -0.2) is 4.79 Å². The Morgan fingerprint density at radius 2 is 2.54 bits per heavy atom. The number of anilines is 1. The molecule has 0 spiro atoms. The van der Waals surface area contributed by atoms with Crippen molar-refractivity contribution < 1.29 is 4.79 Å². The third-order valence-electron chi connectivity index (χ3n) is 1.57. The number of amides is 2. The van der Waals surface area contributed by atoms with Gasteiger partial charge in [-0.1, -0.05) is 6.92 Å². The number of rotatable bonds is 3. The lowest BCUT2D eigenvalue weighted by atomic mass is 10.4. The number of hydrogen-bond donors (Lipinski definition) is 1. The standard InChI is InChI=1S/C8H13N3OS/c1-3-6-11(2)8(12)10-7-4-5-9-13-7/h4-5H,3,6H2,1-2H3,(H,10,12). The largest absolute Gasteiger partial charge is 0.328 e. The number of hydrogen-bond acceptors (Lipinski definition) is 3. The van der Waals surface area contributed by atoms with Crippen molar-refractivity contribution in [2.24, 2.45) is 0 Å². The van der Waals surface area contributed by atoms with E-state index in [1.165, 1.54) is 11.5 Å². The fraction of sp³-hybridized carbons (Fsp3) is 0.500. The maximum Gasteiger partial charge on any atom is 0.322 e. The molecule has 0 saturated carbocycles. The van der Waals surface area contributed by atoms with E-state index in [4.69, 9.17) is 0 Å². The zero-order chi connectivity index (χ0) is 9.68. The van der Waals surface area contributed by atoms with Crippen molar-refractivity contribution >= 4 is 22.6 Å². The molecule has 0 radical (unpaired) electrons. The molecule has 2 amide bonds. The van der Waals surface area contributed by atoms with Gasteiger partial charge in [0.05, 0.1) is 0 Å². The van der Waals surface area contributed by atoms with Crippen LogP contribution in [0.2, 0.25) is 0 Å². The summed E-state index contributed by atoms with van der Waals surface area (Å²) in [6.45, 7) is 2.81. The Balaban J connectivity index is 2.41. The van der Waals surface area contributed by atoms with Crippen LogP contribution < -0.4 is 5.32 Å². The van der Waals surface area contributed by atoms with Crippen molar-refractivity contribution in [1.29, 1.82) is 0 Å². The molecule has 1 aromatic heterocycles. The fourth-order valence-corrected chi connectivity index (χ4v) is 1.41. The first-order chi connectivity index (χ1) is 6.24. The van der Waals surface area contributed by atoms with Crippen molar-refractivity contribution in [3.05, 3.63) is 12.3 Å². The van der Waals surface area contributed by atoms with Crippen LogP contribution in [0.4, 0.5) is 9.80 Å². The number of nitrogens with one attached hydrogen (secondary N) is 1. The van der Waals surface area contributed by atoms with Crippen LogP contribution in [0.1, 0.15) is 13.3 Å². The fourth-order valence-electron chi connectivity index (χ4n) is 0.918. The van der Waals surface area contributed by atoms with E-state index < -0.39 is 0 Å². The van der Waals surface area contributed by atoms with Crippen LogP contribution in [0.25, 0.3) is 0 Å². The second-order valence-corrected chi connectivity index (χ2v) is 3.56. The van der Waals surface area contributed by atoms with Crippen LogP contribution in [-0.4, -0.2) is 28.9 Å². The molecule has 0 fully saturated rings. The van der Waals surface area contributed by atoms with Gasteiger partial charge in [0, 0.05) is 19.8 Å². The summed E-state index contributed by atoms with van der Waals surface area (Å²) >= 11 is 1.28. The van der Waals surface area contributed by atoms with Crippen LogP contribution in [0.15, 0.2) is 12.3 Å². The molecule has 0 aliphatic carbocycles. The number of urea groups is 1. The monoisotopic (exact) mass is 199 g/mol. The Labute approximate surface area is 81.7 Å². The summed E-state index contributed by atoms with van der Waals surface area (Å²) in [4.78, 5) is 13.0. The summed E-state index contributed by atoms with van der Waals surface area (Å²) in [5.41, 5.74) is 0. The number of nitrogens with zero attached hydrogens (tertiary/aromatic N) is 2. The van der Waals surface area contributed by atoms with Gasteiger partial charge >= 0.3 is 6.03 Å². The zero-order valence-electron chi connectivity index (χ0n) is 7.78. The predicted octanol–water partition coefficient (Wildman–Crippen LogP) is 2.02. The lowest BCUT2D eigenvalue weighted by Gasteiger charge is -2.15. The first kappa shape index (κ1) is 9.98. The highest BCUT2D eigenvalue weighted by atomic mass is 32.1. The first-order valence-electron chi connectivity index (χ1n) is 4.17. The van der Waals surface area contributed by atoms with E-state index in [9.17, 15) is 4.79 Å². The lowest BCUT2D eigenvalue weighted by Crippen LogP contribution is -2.31. The SMILES string of the molecule is CCCN(C)C(=O)Nc1ccns1. The molecule has 0 unspecified atom stereocenters. The third kappa shape index (κ3) is 3.02. The van der Waals surface area contributed by atoms with Crippen molar-refractivity contribution in [2.45, 2.75) is 13.3 Å². The number of carbonyl (C=O) groups is 1. The van der Waals surface area contributed by atoms with Crippen LogP contribution in [0.3, 0.4) is 0 Å². The summed E-state index contributed by atoms with van der Waals surface area (Å²) in [6, 6.07) is 1.70. The van der Waals surface area contributed by atoms with E-state index in [2.05, 4.69) is 9.69 Å². The normalized spacial score (nSPS) is 9.69. The Morgan fingerprint density at radius 3 is 3.08 bits per heavy atom. The average molecular weight is 199 g/mol. The third-order valence-corrected chi connectivity index (χ3v) is 2.24. The van der Waals surface area contributed by atoms with E-state index in [1.807, 2.05) is 6.92 Å². The van der Waals surface area contributed by atoms with Crippen LogP contribution >= 0.6 is 11.5 Å². The zero-order valence-corrected chi connectivity index (χ0v) is 8.60. The molecule has 0 aliphatic rings. The van der Waals surface area contributed by atoms with E-state index in [1.54, 1.807) is 24.2 Å². The van der Waals surface area contributed by atoms with Gasteiger partial charge in [0.15, 0.2) is 0 Å². The summed E-state index contributed by atoms with van der Waals surface area (Å²) in [6.07, 6.45) is 2.63. The molecule has 1 N–H and O–H groups in total. The molecule has 0 atom stereocenters. The van der Waals surface area contributed by atoms with E-state index in [0.29, 0.717) is 0 Å². The Bertz CT molecular complexity index is 260. The van der Waals surface area contributed by atoms with Gasteiger partial charge in [0.1, 0.15) is 5.00 Å². The van der Waals surface area contributed by atoms with Crippen LogP contribution in [-0.2, 0) is 0 Å². The number of carbonyl (C=O) groups excluding carboxylic acids is 1. The quantitative estimate of drug-likeness (QED) is 0.809. The van der Waals surface area contributed by atoms with Gasteiger partial charge in [-0.3, -0.25) is 5.32 Å². The van der Waals surface area contributed by atoms with Crippen LogP contribution in [0.5, 0.6) is 0 Å². The second-order valence-electron chi connectivity index (χ2n) is 2.73. The molecule has 13 heavy (non-hydrogen) atoms.